The van der Waals surface area contributed by atoms with Gasteiger partial charge in [0.2, 0.25) is 12.6 Å². The molecule has 0 amide bonds. The average molecular weight is 328 g/mol. The Morgan fingerprint density at radius 3 is 1.21 bits per heavy atom. The van der Waals surface area contributed by atoms with Crippen LogP contribution in [0.3, 0.4) is 0 Å². The molecule has 4 heteroatoms. The maximum atomic E-state index is 5.36. The van der Waals surface area contributed by atoms with Crippen LogP contribution in [0, 0.1) is 0 Å². The maximum absolute atomic E-state index is 5.36. The summed E-state index contributed by atoms with van der Waals surface area (Å²) in [5.74, 6) is 0. The van der Waals surface area contributed by atoms with Crippen LogP contribution < -0.4 is 0 Å². The van der Waals surface area contributed by atoms with E-state index in [4.69, 9.17) is 19.6 Å². The van der Waals surface area contributed by atoms with Gasteiger partial charge >= 0.3 is 0 Å². The zero-order valence-corrected chi connectivity index (χ0v) is 14.2. The summed E-state index contributed by atoms with van der Waals surface area (Å²) in [6.45, 7) is 4.33. The van der Waals surface area contributed by atoms with Gasteiger partial charge in [-0.15, -0.1) is 0 Å². The lowest BCUT2D eigenvalue weighted by molar-refractivity contribution is -0.600. The minimum absolute atomic E-state index is 0.670. The fraction of sp³-hybridized carbons (Fsp3) is 0.400. The molecule has 4 nitrogen and oxygen atoms in total. The molecule has 0 saturated carbocycles. The van der Waals surface area contributed by atoms with E-state index in [1.54, 1.807) is 0 Å². The standard InChI is InChI=1S/C20H24O4/c1-3-5-15-7-11-17(12-8-15)19-21-23-20(24-22-19)18-13-9-16(6-4-2)10-14-18/h7-14,19-20H,3-6H2,1-2H3. The molecule has 1 heterocycles. The third-order valence-corrected chi connectivity index (χ3v) is 4.04. The predicted molar refractivity (Wildman–Crippen MR) is 90.7 cm³/mol. The fourth-order valence-electron chi connectivity index (χ4n) is 2.72. The molecule has 1 saturated heterocycles. The van der Waals surface area contributed by atoms with Gasteiger partial charge in [-0.25, -0.2) is 0 Å². The van der Waals surface area contributed by atoms with Crippen LogP contribution in [0.15, 0.2) is 48.5 Å². The van der Waals surface area contributed by atoms with Gasteiger partial charge in [-0.3, -0.25) is 0 Å². The highest BCUT2D eigenvalue weighted by atomic mass is 17.4. The highest BCUT2D eigenvalue weighted by Crippen LogP contribution is 2.32. The van der Waals surface area contributed by atoms with Gasteiger partial charge in [0.15, 0.2) is 0 Å². The molecule has 0 aliphatic carbocycles. The SMILES string of the molecule is CCCc1ccc(C2OOC(c3ccc(CCC)cc3)OO2)cc1. The second-order valence-electron chi connectivity index (χ2n) is 6.03. The Morgan fingerprint density at radius 1 is 0.583 bits per heavy atom. The first-order chi connectivity index (χ1) is 11.8. The van der Waals surface area contributed by atoms with Crippen molar-refractivity contribution < 1.29 is 19.6 Å². The van der Waals surface area contributed by atoms with E-state index in [0.29, 0.717) is 0 Å². The van der Waals surface area contributed by atoms with Gasteiger partial charge in [-0.2, -0.15) is 19.6 Å². The Balaban J connectivity index is 1.56. The van der Waals surface area contributed by atoms with Crippen molar-refractivity contribution in [3.63, 3.8) is 0 Å². The Hall–Kier alpha value is -1.72. The summed E-state index contributed by atoms with van der Waals surface area (Å²) in [6, 6.07) is 16.2. The van der Waals surface area contributed by atoms with Crippen molar-refractivity contribution in [2.45, 2.75) is 52.1 Å². The van der Waals surface area contributed by atoms with E-state index in [2.05, 4.69) is 38.1 Å². The number of benzene rings is 2. The summed E-state index contributed by atoms with van der Waals surface area (Å²) in [7, 11) is 0. The molecular formula is C20H24O4. The molecule has 1 aliphatic heterocycles. The summed E-state index contributed by atoms with van der Waals surface area (Å²) in [5.41, 5.74) is 4.33. The molecule has 3 rings (SSSR count). The third-order valence-electron chi connectivity index (χ3n) is 4.04. The normalized spacial score (nSPS) is 20.9. The molecule has 0 unspecified atom stereocenters. The van der Waals surface area contributed by atoms with E-state index >= 15 is 0 Å². The lowest BCUT2D eigenvalue weighted by atomic mass is 10.1. The molecule has 128 valence electrons. The minimum Gasteiger partial charge on any atom is -0.193 e. The van der Waals surface area contributed by atoms with Gasteiger partial charge in [-0.1, -0.05) is 75.2 Å². The Labute approximate surface area is 143 Å². The number of hydrogen-bond donors (Lipinski definition) is 0. The van der Waals surface area contributed by atoms with Gasteiger partial charge in [0, 0.05) is 11.1 Å². The van der Waals surface area contributed by atoms with Crippen LogP contribution in [-0.4, -0.2) is 0 Å². The Bertz CT molecular complexity index is 556. The summed E-state index contributed by atoms with van der Waals surface area (Å²) in [6.07, 6.45) is 3.04. The quantitative estimate of drug-likeness (QED) is 0.683. The van der Waals surface area contributed by atoms with Gasteiger partial charge in [0.05, 0.1) is 0 Å². The Kier molecular flexibility index (Phi) is 5.99. The molecule has 0 bridgehead atoms. The van der Waals surface area contributed by atoms with Crippen molar-refractivity contribution in [1.29, 1.82) is 0 Å². The van der Waals surface area contributed by atoms with E-state index in [9.17, 15) is 0 Å². The summed E-state index contributed by atoms with van der Waals surface area (Å²) in [4.78, 5) is 21.4. The fourth-order valence-corrected chi connectivity index (χ4v) is 2.72. The van der Waals surface area contributed by atoms with Crippen LogP contribution >= 0.6 is 0 Å². The second-order valence-corrected chi connectivity index (χ2v) is 6.03. The molecule has 2 aromatic carbocycles. The summed E-state index contributed by atoms with van der Waals surface area (Å²) >= 11 is 0. The highest BCUT2D eigenvalue weighted by Gasteiger charge is 2.28. The van der Waals surface area contributed by atoms with Crippen molar-refractivity contribution in [2.24, 2.45) is 0 Å². The monoisotopic (exact) mass is 328 g/mol. The Morgan fingerprint density at radius 2 is 0.917 bits per heavy atom. The average Bonchev–Trinajstić information content (AvgIpc) is 2.64. The summed E-state index contributed by atoms with van der Waals surface area (Å²) in [5, 5.41) is 0. The van der Waals surface area contributed by atoms with E-state index in [1.807, 2.05) is 24.3 Å². The van der Waals surface area contributed by atoms with Gasteiger partial charge in [-0.05, 0) is 24.0 Å². The number of aryl methyl sites for hydroxylation is 2. The van der Waals surface area contributed by atoms with Crippen LogP contribution in [0.1, 0.15) is 61.5 Å². The smallest absolute Gasteiger partial charge is 0.193 e. The molecule has 1 fully saturated rings. The molecule has 1 aliphatic rings. The predicted octanol–water partition coefficient (Wildman–Crippen LogP) is 5.20. The van der Waals surface area contributed by atoms with E-state index in [-0.39, 0.29) is 0 Å². The number of rotatable bonds is 6. The van der Waals surface area contributed by atoms with Gasteiger partial charge in [0.1, 0.15) is 0 Å². The van der Waals surface area contributed by atoms with E-state index < -0.39 is 12.6 Å². The number of hydrogen-bond acceptors (Lipinski definition) is 4. The van der Waals surface area contributed by atoms with Crippen LogP contribution in [0.25, 0.3) is 0 Å². The zero-order valence-electron chi connectivity index (χ0n) is 14.2. The minimum atomic E-state index is -0.670. The van der Waals surface area contributed by atoms with Crippen molar-refractivity contribution in [3.8, 4) is 0 Å². The first-order valence-electron chi connectivity index (χ1n) is 8.62. The van der Waals surface area contributed by atoms with Crippen molar-refractivity contribution >= 4 is 0 Å². The molecule has 2 aromatic rings. The summed E-state index contributed by atoms with van der Waals surface area (Å²) < 4.78 is 0. The van der Waals surface area contributed by atoms with E-state index in [0.717, 1.165) is 36.8 Å². The van der Waals surface area contributed by atoms with Crippen molar-refractivity contribution in [2.75, 3.05) is 0 Å². The molecule has 0 radical (unpaired) electrons. The zero-order chi connectivity index (χ0) is 16.8. The lowest BCUT2D eigenvalue weighted by Crippen LogP contribution is -2.22. The first-order valence-corrected chi connectivity index (χ1v) is 8.62. The largest absolute Gasteiger partial charge is 0.249 e. The third kappa shape index (κ3) is 4.22. The molecule has 0 spiro atoms. The van der Waals surface area contributed by atoms with E-state index in [1.165, 1.54) is 11.1 Å². The maximum Gasteiger partial charge on any atom is 0.249 e. The molecule has 0 aromatic heterocycles. The van der Waals surface area contributed by atoms with Crippen LogP contribution in [0.4, 0.5) is 0 Å². The topological polar surface area (TPSA) is 36.9 Å². The first kappa shape index (κ1) is 17.1. The highest BCUT2D eigenvalue weighted by molar-refractivity contribution is 5.24. The molecule has 0 atom stereocenters. The lowest BCUT2D eigenvalue weighted by Gasteiger charge is -2.27. The van der Waals surface area contributed by atoms with Crippen LogP contribution in [0.2, 0.25) is 0 Å². The van der Waals surface area contributed by atoms with Crippen LogP contribution in [0.5, 0.6) is 0 Å². The van der Waals surface area contributed by atoms with Crippen molar-refractivity contribution in [1.82, 2.24) is 0 Å². The second kappa shape index (κ2) is 8.40. The molecule has 0 N–H and O–H groups in total. The van der Waals surface area contributed by atoms with Crippen molar-refractivity contribution in [3.05, 3.63) is 70.8 Å². The van der Waals surface area contributed by atoms with Gasteiger partial charge < -0.3 is 0 Å². The van der Waals surface area contributed by atoms with Gasteiger partial charge in [0.25, 0.3) is 0 Å². The molecule has 24 heavy (non-hydrogen) atoms. The molecular weight excluding hydrogens is 304 g/mol. The van der Waals surface area contributed by atoms with Crippen LogP contribution in [-0.2, 0) is 32.4 Å².